The van der Waals surface area contributed by atoms with Crippen LogP contribution in [0.2, 0.25) is 0 Å². The van der Waals surface area contributed by atoms with Gasteiger partial charge in [-0.2, -0.15) is 13.2 Å². The summed E-state index contributed by atoms with van der Waals surface area (Å²) >= 11 is 5.34. The van der Waals surface area contributed by atoms with Crippen LogP contribution in [-0.2, 0) is 5.88 Å². The Morgan fingerprint density at radius 1 is 1.43 bits per heavy atom. The van der Waals surface area contributed by atoms with E-state index in [4.69, 9.17) is 16.0 Å². The lowest BCUT2D eigenvalue weighted by Crippen LogP contribution is -2.31. The molecule has 0 aliphatic rings. The minimum atomic E-state index is -4.30. The molecule has 80 valence electrons. The van der Waals surface area contributed by atoms with Crippen molar-refractivity contribution in [2.24, 2.45) is 0 Å². The number of hydrogen-bond donors (Lipinski definition) is 0. The fraction of sp³-hybridized carbons (Fsp3) is 0.667. The lowest BCUT2D eigenvalue weighted by Gasteiger charge is -2.15. The first-order valence-corrected chi connectivity index (χ1v) is 4.12. The number of rotatable bonds is 3. The highest BCUT2D eigenvalue weighted by molar-refractivity contribution is 6.16. The zero-order chi connectivity index (χ0) is 10.8. The monoisotopic (exact) mass is 229 g/mol. The number of nitrogens with zero attached hydrogens (tertiary/aromatic N) is 3. The van der Waals surface area contributed by atoms with Crippen molar-refractivity contribution in [1.82, 2.24) is 10.2 Å². The van der Waals surface area contributed by atoms with E-state index in [1.807, 2.05) is 0 Å². The highest BCUT2D eigenvalue weighted by Gasteiger charge is 2.31. The molecule has 0 saturated heterocycles. The number of aromatic nitrogens is 2. The molecule has 1 aromatic heterocycles. The molecule has 0 amide bonds. The number of alkyl halides is 4. The van der Waals surface area contributed by atoms with E-state index in [2.05, 4.69) is 10.2 Å². The molecule has 1 heterocycles. The van der Waals surface area contributed by atoms with Gasteiger partial charge in [-0.1, -0.05) is 5.10 Å². The molecule has 0 bridgehead atoms. The van der Waals surface area contributed by atoms with Gasteiger partial charge in [-0.25, -0.2) is 0 Å². The fourth-order valence-corrected chi connectivity index (χ4v) is 0.898. The van der Waals surface area contributed by atoms with Crippen molar-refractivity contribution in [3.8, 4) is 0 Å². The summed E-state index contributed by atoms with van der Waals surface area (Å²) in [4.78, 5) is 0.809. The third-order valence-electron chi connectivity index (χ3n) is 1.31. The average molecular weight is 230 g/mol. The van der Waals surface area contributed by atoms with E-state index in [1.165, 1.54) is 7.05 Å². The van der Waals surface area contributed by atoms with Gasteiger partial charge in [0.25, 0.3) is 0 Å². The Balaban J connectivity index is 2.65. The number of halogens is 4. The summed E-state index contributed by atoms with van der Waals surface area (Å²) in [6.45, 7) is -1.14. The SMILES string of the molecule is CN(CC(F)(F)F)c1nnc(CCl)o1. The van der Waals surface area contributed by atoms with Gasteiger partial charge in [0, 0.05) is 7.05 Å². The van der Waals surface area contributed by atoms with Gasteiger partial charge in [0.15, 0.2) is 0 Å². The van der Waals surface area contributed by atoms with Crippen molar-refractivity contribution < 1.29 is 17.6 Å². The fourth-order valence-electron chi connectivity index (χ4n) is 0.790. The molecule has 4 nitrogen and oxygen atoms in total. The van der Waals surface area contributed by atoms with Crippen molar-refractivity contribution in [3.63, 3.8) is 0 Å². The van der Waals surface area contributed by atoms with Crippen molar-refractivity contribution in [2.75, 3.05) is 18.5 Å². The zero-order valence-electron chi connectivity index (χ0n) is 7.18. The molecule has 0 unspecified atom stereocenters. The van der Waals surface area contributed by atoms with Crippen LogP contribution in [0.1, 0.15) is 5.89 Å². The molecule has 0 aromatic carbocycles. The molecule has 0 spiro atoms. The van der Waals surface area contributed by atoms with Crippen LogP contribution in [0.4, 0.5) is 19.2 Å². The molecule has 0 aliphatic heterocycles. The largest absolute Gasteiger partial charge is 0.407 e. The lowest BCUT2D eigenvalue weighted by atomic mass is 10.6. The van der Waals surface area contributed by atoms with Gasteiger partial charge in [0.1, 0.15) is 12.4 Å². The van der Waals surface area contributed by atoms with Gasteiger partial charge in [0.05, 0.1) is 0 Å². The second-order valence-corrected chi connectivity index (χ2v) is 2.85. The van der Waals surface area contributed by atoms with Crippen LogP contribution in [0.5, 0.6) is 0 Å². The molecule has 0 N–H and O–H groups in total. The van der Waals surface area contributed by atoms with Crippen molar-refractivity contribution in [2.45, 2.75) is 12.1 Å². The maximum absolute atomic E-state index is 11.9. The standard InChI is InChI=1S/C6H7ClF3N3O/c1-13(3-6(8,9)10)5-12-11-4(2-7)14-5/h2-3H2,1H3. The molecule has 8 heteroatoms. The third-order valence-corrected chi connectivity index (χ3v) is 1.54. The molecular weight excluding hydrogens is 223 g/mol. The predicted molar refractivity (Wildman–Crippen MR) is 43.2 cm³/mol. The first-order valence-electron chi connectivity index (χ1n) is 3.58. The van der Waals surface area contributed by atoms with E-state index in [0.717, 1.165) is 4.90 Å². The molecule has 0 aliphatic carbocycles. The summed E-state index contributed by atoms with van der Waals surface area (Å²) in [5.74, 6) is 0.0723. The van der Waals surface area contributed by atoms with Gasteiger partial charge in [-0.3, -0.25) is 0 Å². The summed E-state index contributed by atoms with van der Waals surface area (Å²) in [5.41, 5.74) is 0. The first-order chi connectivity index (χ1) is 6.42. The summed E-state index contributed by atoms with van der Waals surface area (Å²) in [7, 11) is 1.21. The lowest BCUT2D eigenvalue weighted by molar-refractivity contribution is -0.119. The topological polar surface area (TPSA) is 42.2 Å². The van der Waals surface area contributed by atoms with Crippen molar-refractivity contribution in [3.05, 3.63) is 5.89 Å². The summed E-state index contributed by atoms with van der Waals surface area (Å²) < 4.78 is 40.6. The molecule has 0 fully saturated rings. The second-order valence-electron chi connectivity index (χ2n) is 2.58. The van der Waals surface area contributed by atoms with E-state index >= 15 is 0 Å². The maximum Gasteiger partial charge on any atom is 0.406 e. The Morgan fingerprint density at radius 2 is 2.07 bits per heavy atom. The molecule has 14 heavy (non-hydrogen) atoms. The van der Waals surface area contributed by atoms with Crippen molar-refractivity contribution in [1.29, 1.82) is 0 Å². The van der Waals surface area contributed by atoms with Crippen LogP contribution in [0, 0.1) is 0 Å². The summed E-state index contributed by atoms with van der Waals surface area (Å²) in [5, 5.41) is 6.82. The Kier molecular flexibility index (Phi) is 3.20. The van der Waals surface area contributed by atoms with Gasteiger partial charge in [-0.15, -0.1) is 16.7 Å². The van der Waals surface area contributed by atoms with Gasteiger partial charge >= 0.3 is 12.2 Å². The number of anilines is 1. The van der Waals surface area contributed by atoms with Crippen LogP contribution in [-0.4, -0.2) is 30.0 Å². The molecule has 0 atom stereocenters. The van der Waals surface area contributed by atoms with E-state index in [1.54, 1.807) is 0 Å². The highest BCUT2D eigenvalue weighted by Crippen LogP contribution is 2.19. The molecular formula is C6H7ClF3N3O. The van der Waals surface area contributed by atoms with E-state index in [0.29, 0.717) is 0 Å². The van der Waals surface area contributed by atoms with Crippen LogP contribution in [0.3, 0.4) is 0 Å². The Labute approximate surface area is 82.7 Å². The predicted octanol–water partition coefficient (Wildman–Crippen LogP) is 1.81. The van der Waals surface area contributed by atoms with Crippen LogP contribution in [0.25, 0.3) is 0 Å². The van der Waals surface area contributed by atoms with E-state index in [9.17, 15) is 13.2 Å². The average Bonchev–Trinajstić information content (AvgIpc) is 2.48. The summed E-state index contributed by atoms with van der Waals surface area (Å²) in [6, 6.07) is -0.196. The molecule has 1 rings (SSSR count). The maximum atomic E-state index is 11.9. The van der Waals surface area contributed by atoms with E-state index < -0.39 is 12.7 Å². The summed E-state index contributed by atoms with van der Waals surface area (Å²) in [6.07, 6.45) is -4.30. The quantitative estimate of drug-likeness (QED) is 0.742. The minimum absolute atomic E-state index is 0.0210. The van der Waals surface area contributed by atoms with Gasteiger partial charge < -0.3 is 9.32 Å². The van der Waals surface area contributed by atoms with Crippen molar-refractivity contribution >= 4 is 17.6 Å². The minimum Gasteiger partial charge on any atom is -0.407 e. The highest BCUT2D eigenvalue weighted by atomic mass is 35.5. The third kappa shape index (κ3) is 3.06. The van der Waals surface area contributed by atoms with Crippen LogP contribution in [0.15, 0.2) is 4.42 Å². The molecule has 1 aromatic rings. The smallest absolute Gasteiger partial charge is 0.406 e. The second kappa shape index (κ2) is 4.04. The Morgan fingerprint density at radius 3 is 2.50 bits per heavy atom. The normalized spacial score (nSPS) is 11.8. The number of hydrogen-bond acceptors (Lipinski definition) is 4. The zero-order valence-corrected chi connectivity index (χ0v) is 7.93. The van der Waals surface area contributed by atoms with E-state index in [-0.39, 0.29) is 17.8 Å². The molecule has 0 radical (unpaired) electrons. The van der Waals surface area contributed by atoms with Crippen LogP contribution < -0.4 is 4.90 Å². The van der Waals surface area contributed by atoms with Gasteiger partial charge in [0.2, 0.25) is 5.89 Å². The van der Waals surface area contributed by atoms with Crippen LogP contribution >= 0.6 is 11.6 Å². The molecule has 0 saturated carbocycles. The Hall–Kier alpha value is -0.980. The Bertz CT molecular complexity index is 301. The van der Waals surface area contributed by atoms with Gasteiger partial charge in [-0.05, 0) is 0 Å². The first kappa shape index (κ1) is 11.1.